The maximum Gasteiger partial charge on any atom is 0.0985 e. The van der Waals surface area contributed by atoms with Gasteiger partial charge in [0.15, 0.2) is 0 Å². The van der Waals surface area contributed by atoms with Crippen molar-refractivity contribution in [2.75, 3.05) is 0 Å². The molecule has 0 saturated heterocycles. The Balaban J connectivity index is -0.00000000167. The zero-order valence-corrected chi connectivity index (χ0v) is 4.02. The Morgan fingerprint density at radius 2 is 0.500 bits per heavy atom. The van der Waals surface area contributed by atoms with E-state index in [2.05, 4.69) is 40.2 Å². The van der Waals surface area contributed by atoms with Crippen molar-refractivity contribution in [1.82, 2.24) is 0 Å². The molecule has 3 heteroatoms. The minimum atomic E-state index is 0. The molecule has 0 fully saturated rings. The highest BCUT2D eigenvalue weighted by Crippen LogP contribution is 0.650. The molecule has 0 saturated carbocycles. The largest absolute Gasteiger partial charge is 0.197 e. The van der Waals surface area contributed by atoms with Gasteiger partial charge in [-0.3, -0.25) is 0 Å². The van der Waals surface area contributed by atoms with Gasteiger partial charge in [-0.2, -0.15) is 40.2 Å². The van der Waals surface area contributed by atoms with Crippen LogP contribution in [0.15, 0.2) is 0 Å². The monoisotopic (exact) mass is 185 g/mol. The molecule has 0 aliphatic rings. The van der Waals surface area contributed by atoms with Gasteiger partial charge in [0.1, 0.15) is 0 Å². The van der Waals surface area contributed by atoms with Crippen LogP contribution in [0.2, 0.25) is 0 Å². The highest BCUT2D eigenvalue weighted by atomic mass is 32.1. The molecule has 0 aromatic heterocycles. The van der Waals surface area contributed by atoms with Gasteiger partial charge in [0.2, 0.25) is 0 Å². The smallest absolute Gasteiger partial charge is 0.0985 e. The molecule has 0 N–H and O–H groups in total. The van der Waals surface area contributed by atoms with Crippen LogP contribution in [0.5, 0.6) is 0 Å². The van der Waals surface area contributed by atoms with Crippen molar-refractivity contribution in [3.63, 3.8) is 0 Å². The zero-order chi connectivity index (χ0) is 6.00. The van der Waals surface area contributed by atoms with Gasteiger partial charge in [-0.1, -0.05) is 37.1 Å². The third-order valence-electron chi connectivity index (χ3n) is 0. The molecular formula is C5H26S3. The third kappa shape index (κ3) is 234. The van der Waals surface area contributed by atoms with Crippen LogP contribution < -0.4 is 0 Å². The van der Waals surface area contributed by atoms with Crippen molar-refractivity contribution in [2.24, 2.45) is 0 Å². The van der Waals surface area contributed by atoms with Crippen molar-refractivity contribution in [2.45, 2.75) is 37.1 Å². The average molecular weight is 185 g/mol. The summed E-state index contributed by atoms with van der Waals surface area (Å²) in [7, 11) is 0. The molecule has 0 aromatic carbocycles. The first kappa shape index (κ1) is 35.8. The standard InChI is InChI=1S/5CH4.3H2S/h5*1H4;3*1H2/i/hD3. The second-order valence-corrected chi connectivity index (χ2v) is 0. The van der Waals surface area contributed by atoms with E-state index in [1.807, 2.05) is 0 Å². The summed E-state index contributed by atoms with van der Waals surface area (Å²) in [4.78, 5) is 0. The molecule has 0 nitrogen and oxygen atoms in total. The second kappa shape index (κ2) is 363. The fourth-order valence-electron chi connectivity index (χ4n) is 0. The molecule has 0 rings (SSSR count). The van der Waals surface area contributed by atoms with Crippen LogP contribution in [0.4, 0.5) is 0 Å². The van der Waals surface area contributed by atoms with Crippen LogP contribution in [0.1, 0.15) is 37.1 Å². The van der Waals surface area contributed by atoms with E-state index in [0.717, 1.165) is 0 Å². The van der Waals surface area contributed by atoms with Crippen molar-refractivity contribution in [3.05, 3.63) is 0 Å². The third-order valence-corrected chi connectivity index (χ3v) is 0. The summed E-state index contributed by atoms with van der Waals surface area (Å²) in [5.41, 5.74) is 0. The summed E-state index contributed by atoms with van der Waals surface area (Å²) in [6.07, 6.45) is 0. The van der Waals surface area contributed by atoms with E-state index in [1.165, 1.54) is 0 Å². The molecule has 0 aliphatic heterocycles. The molecule has 0 heterocycles. The molecule has 0 amide bonds. The van der Waals surface area contributed by atoms with Gasteiger partial charge in [0.05, 0.1) is 3.37 Å². The van der Waals surface area contributed by atoms with Gasteiger partial charge in [0.25, 0.3) is 0 Å². The lowest BCUT2D eigenvalue weighted by molar-refractivity contribution is 2.50. The van der Waals surface area contributed by atoms with E-state index in [-0.39, 0.29) is 37.1 Å². The van der Waals surface area contributed by atoms with Gasteiger partial charge >= 0.3 is 0 Å². The van der Waals surface area contributed by atoms with E-state index in [1.54, 1.807) is 0 Å². The average Bonchev–Trinajstić information content (AvgIpc) is 1.81. The summed E-state index contributed by atoms with van der Waals surface area (Å²) in [6, 6.07) is 0. The van der Waals surface area contributed by atoms with Crippen molar-refractivity contribution in [1.29, 1.82) is 3.37 Å². The van der Waals surface area contributed by atoms with Crippen LogP contribution in [0.25, 0.3) is 0 Å². The van der Waals surface area contributed by atoms with Gasteiger partial charge < -0.3 is 0 Å². The van der Waals surface area contributed by atoms with E-state index in [0.29, 0.717) is 0 Å². The molecule has 0 spiro atoms. The molecular weight excluding hydrogens is 156 g/mol. The summed E-state index contributed by atoms with van der Waals surface area (Å²) in [5.74, 6) is 0. The molecule has 0 aromatic rings. The topological polar surface area (TPSA) is 0 Å². The number of hydrogen-bond donors (Lipinski definition) is 0. The molecule has 0 unspecified atom stereocenters. The summed E-state index contributed by atoms with van der Waals surface area (Å²) < 4.78 is 16.3. The van der Waals surface area contributed by atoms with Crippen LogP contribution in [0, 0.1) is 0 Å². The second-order valence-electron chi connectivity index (χ2n) is 0. The van der Waals surface area contributed by atoms with Crippen LogP contribution >= 0.6 is 40.2 Å². The van der Waals surface area contributed by atoms with Crippen molar-refractivity contribution in [3.8, 4) is 0 Å². The predicted molar refractivity (Wildman–Crippen MR) is 64.8 cm³/mol. The predicted octanol–water partition coefficient (Wildman–Crippen LogP) is 3.52. The minimum Gasteiger partial charge on any atom is -0.197 e. The van der Waals surface area contributed by atoms with E-state index < -0.39 is 0 Å². The maximum absolute atomic E-state index is 5.44. The first-order valence-electron chi connectivity index (χ1n) is 1.34. The maximum atomic E-state index is 5.44. The highest BCUT2D eigenvalue weighted by Gasteiger charge is -0.0734. The molecule has 0 bridgehead atoms. The quantitative estimate of drug-likeness (QED) is 0.542. The van der Waals surface area contributed by atoms with Gasteiger partial charge in [0, 0.05) is 0 Å². The van der Waals surface area contributed by atoms with E-state index in [9.17, 15) is 0 Å². The van der Waals surface area contributed by atoms with Crippen molar-refractivity contribution < 1.29 is 0 Å². The van der Waals surface area contributed by atoms with Crippen LogP contribution in [-0.2, 0) is 0 Å². The summed E-state index contributed by atoms with van der Waals surface area (Å²) >= 11 is 8.33. The van der Waals surface area contributed by atoms with Crippen LogP contribution in [0.3, 0.4) is 0 Å². The number of rotatable bonds is 0. The molecule has 0 radical (unpaired) electrons. The van der Waals surface area contributed by atoms with Crippen LogP contribution in [-0.4, -0.2) is 3.37 Å². The number of hydrogen-bond acceptors (Lipinski definition) is 0. The Morgan fingerprint density at radius 1 is 0.500 bits per heavy atom. The Hall–Kier alpha value is 1.05. The fraction of sp³-hybridized carbons (Fsp3) is 1.00. The first-order chi connectivity index (χ1) is 3.00. The SMILES string of the molecule is C.C.C.C.C.[2H]S.[2H]S.[2H]S. The van der Waals surface area contributed by atoms with Gasteiger partial charge in [-0.05, 0) is 0 Å². The molecule has 8 heavy (non-hydrogen) atoms. The Morgan fingerprint density at radius 3 is 0.500 bits per heavy atom. The summed E-state index contributed by atoms with van der Waals surface area (Å²) in [5, 5.41) is 0. The van der Waals surface area contributed by atoms with Gasteiger partial charge in [-0.15, -0.1) is 0 Å². The lowest BCUT2D eigenvalue weighted by atomic mass is 12.0. The summed E-state index contributed by atoms with van der Waals surface area (Å²) in [6.45, 7) is 0. The Bertz CT molecular complexity index is 16.9. The lowest BCUT2D eigenvalue weighted by Gasteiger charge is -0.198. The van der Waals surface area contributed by atoms with Gasteiger partial charge in [-0.25, -0.2) is 0 Å². The van der Waals surface area contributed by atoms with Crippen molar-refractivity contribution >= 4 is 40.2 Å². The molecule has 0 atom stereocenters. The Labute approximate surface area is 81.1 Å². The van der Waals surface area contributed by atoms with E-state index >= 15 is 0 Å². The minimum absolute atomic E-state index is 0. The highest BCUT2D eigenvalue weighted by molar-refractivity contribution is 7.59. The first-order valence-corrected chi connectivity index (χ1v) is 0. The fourth-order valence-corrected chi connectivity index (χ4v) is 0. The normalized spacial score (nSPS) is 2.62. The zero-order valence-electron chi connectivity index (χ0n) is 4.34. The molecule has 64 valence electrons. The lowest BCUT2D eigenvalue weighted by Crippen LogP contribution is 0.143. The Kier molecular flexibility index (Phi) is 1620. The molecule has 0 aliphatic carbocycles. The van der Waals surface area contributed by atoms with E-state index in [4.69, 9.17) is 3.37 Å².